The minimum absolute atomic E-state index is 0.230. The number of halogens is 1. The predicted octanol–water partition coefficient (Wildman–Crippen LogP) is 1.80. The van der Waals surface area contributed by atoms with Crippen LogP contribution >= 0.6 is 0 Å². The van der Waals surface area contributed by atoms with Gasteiger partial charge in [-0.25, -0.2) is 19.2 Å². The van der Waals surface area contributed by atoms with Gasteiger partial charge in [-0.3, -0.25) is 0 Å². The third-order valence-electron chi connectivity index (χ3n) is 3.38. The number of hydrogen-bond donors (Lipinski definition) is 1. The molecule has 6 heteroatoms. The third-order valence-corrected chi connectivity index (χ3v) is 3.38. The number of carboxylic acid groups (broad SMARTS) is 1. The van der Waals surface area contributed by atoms with Crippen molar-refractivity contribution >= 4 is 11.9 Å². The van der Waals surface area contributed by atoms with E-state index >= 15 is 0 Å². The highest BCUT2D eigenvalue weighted by molar-refractivity contribution is 5.80. The number of hydrogen-bond acceptors (Lipinski definition) is 4. The Hall–Kier alpha value is -2.50. The first-order valence-electron chi connectivity index (χ1n) is 6.21. The van der Waals surface area contributed by atoms with Gasteiger partial charge in [-0.2, -0.15) is 0 Å². The number of rotatable bonds is 2. The van der Waals surface area contributed by atoms with Gasteiger partial charge in [-0.1, -0.05) is 24.3 Å². The molecule has 1 aromatic carbocycles. The van der Waals surface area contributed by atoms with Gasteiger partial charge >= 0.3 is 5.97 Å². The number of anilines is 1. The van der Waals surface area contributed by atoms with Crippen molar-refractivity contribution in [1.82, 2.24) is 9.97 Å². The zero-order chi connectivity index (χ0) is 14.1. The fourth-order valence-electron chi connectivity index (χ4n) is 2.50. The van der Waals surface area contributed by atoms with Crippen molar-refractivity contribution in [2.75, 3.05) is 11.4 Å². The van der Waals surface area contributed by atoms with Crippen LogP contribution in [0.5, 0.6) is 0 Å². The molecule has 0 radical (unpaired) electrons. The van der Waals surface area contributed by atoms with Crippen LogP contribution in [0.4, 0.5) is 10.3 Å². The number of benzene rings is 1. The van der Waals surface area contributed by atoms with Crippen LogP contribution < -0.4 is 4.90 Å². The highest BCUT2D eigenvalue weighted by Gasteiger charge is 2.34. The van der Waals surface area contributed by atoms with E-state index in [0.717, 1.165) is 23.5 Å². The molecule has 1 aromatic heterocycles. The van der Waals surface area contributed by atoms with Gasteiger partial charge in [-0.15, -0.1) is 0 Å². The molecule has 0 amide bonds. The Kier molecular flexibility index (Phi) is 3.06. The SMILES string of the molecule is O=C(O)C1c2ccccc2CCN1c1ncc(F)cn1. The molecule has 3 rings (SSSR count). The molecule has 0 fully saturated rings. The van der Waals surface area contributed by atoms with Crippen molar-refractivity contribution in [2.45, 2.75) is 12.5 Å². The first-order chi connectivity index (χ1) is 9.66. The average molecular weight is 273 g/mol. The summed E-state index contributed by atoms with van der Waals surface area (Å²) in [6, 6.07) is 6.58. The number of aliphatic carboxylic acids is 1. The normalized spacial score (nSPS) is 17.6. The van der Waals surface area contributed by atoms with Crippen LogP contribution in [0.15, 0.2) is 36.7 Å². The highest BCUT2D eigenvalue weighted by atomic mass is 19.1. The predicted molar refractivity (Wildman–Crippen MR) is 69.9 cm³/mol. The molecule has 1 unspecified atom stereocenters. The number of nitrogens with zero attached hydrogens (tertiary/aromatic N) is 3. The Morgan fingerprint density at radius 2 is 2.00 bits per heavy atom. The molecule has 102 valence electrons. The van der Waals surface area contributed by atoms with Gasteiger partial charge in [0.15, 0.2) is 11.9 Å². The van der Waals surface area contributed by atoms with Crippen molar-refractivity contribution < 1.29 is 14.3 Å². The molecule has 1 aliphatic rings. The molecule has 0 bridgehead atoms. The van der Waals surface area contributed by atoms with Gasteiger partial charge in [0, 0.05) is 6.54 Å². The summed E-state index contributed by atoms with van der Waals surface area (Å²) in [6.45, 7) is 0.486. The van der Waals surface area contributed by atoms with E-state index in [0.29, 0.717) is 13.0 Å². The Morgan fingerprint density at radius 3 is 2.70 bits per heavy atom. The van der Waals surface area contributed by atoms with E-state index in [1.165, 1.54) is 0 Å². The van der Waals surface area contributed by atoms with Crippen molar-refractivity contribution in [1.29, 1.82) is 0 Å². The molecule has 2 heterocycles. The zero-order valence-corrected chi connectivity index (χ0v) is 10.5. The molecular formula is C14H12FN3O2. The summed E-state index contributed by atoms with van der Waals surface area (Å²) < 4.78 is 12.9. The van der Waals surface area contributed by atoms with E-state index in [-0.39, 0.29) is 5.95 Å². The summed E-state index contributed by atoms with van der Waals surface area (Å²) in [5.74, 6) is -1.28. The van der Waals surface area contributed by atoms with Crippen LogP contribution in [0.2, 0.25) is 0 Å². The molecule has 1 aliphatic heterocycles. The van der Waals surface area contributed by atoms with Crippen molar-refractivity contribution in [3.05, 3.63) is 53.6 Å². The lowest BCUT2D eigenvalue weighted by atomic mass is 9.93. The fraction of sp³-hybridized carbons (Fsp3) is 0.214. The topological polar surface area (TPSA) is 66.3 Å². The zero-order valence-electron chi connectivity index (χ0n) is 10.5. The van der Waals surface area contributed by atoms with Crippen molar-refractivity contribution in [3.63, 3.8) is 0 Å². The maximum absolute atomic E-state index is 12.9. The summed E-state index contributed by atoms with van der Waals surface area (Å²) in [5, 5.41) is 9.50. The molecular weight excluding hydrogens is 261 g/mol. The third kappa shape index (κ3) is 2.09. The number of aromatic nitrogens is 2. The van der Waals surface area contributed by atoms with Crippen LogP contribution in [0.1, 0.15) is 17.2 Å². The monoisotopic (exact) mass is 273 g/mol. The Balaban J connectivity index is 2.04. The molecule has 2 aromatic rings. The molecule has 0 aliphatic carbocycles. The summed E-state index contributed by atoms with van der Waals surface area (Å²) >= 11 is 0. The standard InChI is InChI=1S/C14H12FN3O2/c15-10-7-16-14(17-8-10)18-6-5-9-3-1-2-4-11(9)12(18)13(19)20/h1-4,7-8,12H,5-6H2,(H,19,20). The molecule has 5 nitrogen and oxygen atoms in total. The Bertz CT molecular complexity index is 645. The van der Waals surface area contributed by atoms with E-state index in [4.69, 9.17) is 0 Å². The molecule has 0 saturated carbocycles. The van der Waals surface area contributed by atoms with Gasteiger partial charge in [0.05, 0.1) is 12.4 Å². The van der Waals surface area contributed by atoms with Crippen LogP contribution in [-0.4, -0.2) is 27.6 Å². The number of carbonyl (C=O) groups is 1. The summed E-state index contributed by atoms with van der Waals surface area (Å²) in [4.78, 5) is 21.0. The van der Waals surface area contributed by atoms with E-state index < -0.39 is 17.8 Å². The molecule has 0 spiro atoms. The second-order valence-corrected chi connectivity index (χ2v) is 4.58. The minimum Gasteiger partial charge on any atom is -0.479 e. The summed E-state index contributed by atoms with van der Waals surface area (Å²) in [5.41, 5.74) is 1.75. The molecule has 1 atom stereocenters. The Morgan fingerprint density at radius 1 is 1.30 bits per heavy atom. The van der Waals surface area contributed by atoms with E-state index in [1.54, 1.807) is 11.0 Å². The number of fused-ring (bicyclic) bond motifs is 1. The smallest absolute Gasteiger partial charge is 0.331 e. The summed E-state index contributed by atoms with van der Waals surface area (Å²) in [7, 11) is 0. The van der Waals surface area contributed by atoms with Gasteiger partial charge in [0.1, 0.15) is 0 Å². The van der Waals surface area contributed by atoms with Crippen molar-refractivity contribution in [2.24, 2.45) is 0 Å². The lowest BCUT2D eigenvalue weighted by Crippen LogP contribution is -2.40. The lowest BCUT2D eigenvalue weighted by Gasteiger charge is -2.34. The molecule has 20 heavy (non-hydrogen) atoms. The lowest BCUT2D eigenvalue weighted by molar-refractivity contribution is -0.138. The first kappa shape index (κ1) is 12.5. The van der Waals surface area contributed by atoms with Crippen LogP contribution in [0.25, 0.3) is 0 Å². The average Bonchev–Trinajstić information content (AvgIpc) is 2.46. The second-order valence-electron chi connectivity index (χ2n) is 4.58. The van der Waals surface area contributed by atoms with Gasteiger partial charge in [-0.05, 0) is 17.5 Å². The maximum Gasteiger partial charge on any atom is 0.331 e. The van der Waals surface area contributed by atoms with Crippen molar-refractivity contribution in [3.8, 4) is 0 Å². The van der Waals surface area contributed by atoms with E-state index in [2.05, 4.69) is 9.97 Å². The Labute approximate surface area is 114 Å². The quantitative estimate of drug-likeness (QED) is 0.903. The second kappa shape index (κ2) is 4.88. The largest absolute Gasteiger partial charge is 0.479 e. The van der Waals surface area contributed by atoms with E-state index in [9.17, 15) is 14.3 Å². The maximum atomic E-state index is 12.9. The number of carboxylic acids is 1. The molecule has 0 saturated heterocycles. The van der Waals surface area contributed by atoms with Gasteiger partial charge in [0.2, 0.25) is 5.95 Å². The summed E-state index contributed by atoms with van der Waals surface area (Å²) in [6.07, 6.45) is 2.80. The minimum atomic E-state index is -0.968. The highest BCUT2D eigenvalue weighted by Crippen LogP contribution is 2.32. The van der Waals surface area contributed by atoms with Crippen LogP contribution in [-0.2, 0) is 11.2 Å². The fourth-order valence-corrected chi connectivity index (χ4v) is 2.50. The van der Waals surface area contributed by atoms with Crippen LogP contribution in [0.3, 0.4) is 0 Å². The van der Waals surface area contributed by atoms with Gasteiger partial charge < -0.3 is 10.0 Å². The molecule has 1 N–H and O–H groups in total. The first-order valence-corrected chi connectivity index (χ1v) is 6.21. The van der Waals surface area contributed by atoms with Crippen LogP contribution in [0, 0.1) is 5.82 Å². The van der Waals surface area contributed by atoms with Gasteiger partial charge in [0.25, 0.3) is 0 Å². The van der Waals surface area contributed by atoms with E-state index in [1.807, 2.05) is 18.2 Å².